The summed E-state index contributed by atoms with van der Waals surface area (Å²) in [6, 6.07) is 2.50. The normalized spacial score (nSPS) is 10.6. The third kappa shape index (κ3) is 4.36. The van der Waals surface area contributed by atoms with E-state index in [0.29, 0.717) is 19.1 Å². The van der Waals surface area contributed by atoms with E-state index in [-0.39, 0.29) is 17.1 Å². The van der Waals surface area contributed by atoms with Gasteiger partial charge in [-0.15, -0.1) is 0 Å². The molecule has 0 atom stereocenters. The summed E-state index contributed by atoms with van der Waals surface area (Å²) in [4.78, 5) is 10.0. The molecule has 1 rings (SSSR count). The summed E-state index contributed by atoms with van der Waals surface area (Å²) in [5.41, 5.74) is -0.195. The molecule has 0 bridgehead atoms. The number of anilines is 1. The van der Waals surface area contributed by atoms with Crippen molar-refractivity contribution in [2.75, 3.05) is 25.5 Å². The summed E-state index contributed by atoms with van der Waals surface area (Å²) < 4.78 is 18.6. The van der Waals surface area contributed by atoms with E-state index in [9.17, 15) is 14.5 Å². The molecule has 19 heavy (non-hydrogen) atoms. The van der Waals surface area contributed by atoms with Gasteiger partial charge in [-0.05, 0) is 0 Å². The van der Waals surface area contributed by atoms with E-state index in [1.165, 1.54) is 13.2 Å². The van der Waals surface area contributed by atoms with Gasteiger partial charge in [0.15, 0.2) is 11.6 Å². The summed E-state index contributed by atoms with van der Waals surface area (Å²) in [5, 5.41) is 16.7. The van der Waals surface area contributed by atoms with E-state index < -0.39 is 10.7 Å². The van der Waals surface area contributed by atoms with Crippen molar-refractivity contribution in [1.82, 2.24) is 5.32 Å². The molecule has 0 spiro atoms. The number of nitro benzene ring substituents is 1. The lowest BCUT2D eigenvalue weighted by atomic mass is 10.2. The molecule has 0 aliphatic rings. The second-order valence-electron chi connectivity index (χ2n) is 4.30. The first-order chi connectivity index (χ1) is 8.95. The van der Waals surface area contributed by atoms with Gasteiger partial charge in [-0.1, -0.05) is 13.8 Å². The molecule has 0 unspecified atom stereocenters. The SMILES string of the molecule is COc1cc(NCCNC(C)C)c(F)cc1[N+](=O)[O-]. The summed E-state index contributed by atoms with van der Waals surface area (Å²) in [6.45, 7) is 5.19. The Balaban J connectivity index is 2.76. The van der Waals surface area contributed by atoms with Crippen LogP contribution < -0.4 is 15.4 Å². The Kier molecular flexibility index (Phi) is 5.50. The molecule has 0 aliphatic heterocycles. The van der Waals surface area contributed by atoms with E-state index in [1.54, 1.807) is 0 Å². The molecule has 0 heterocycles. The molecule has 0 fully saturated rings. The van der Waals surface area contributed by atoms with Crippen LogP contribution in [-0.2, 0) is 0 Å². The standard InChI is InChI=1S/C12H18FN3O3/c1-8(2)14-4-5-15-10-7-12(19-3)11(16(17)18)6-9(10)13/h6-8,14-15H,4-5H2,1-3H3. The average Bonchev–Trinajstić information content (AvgIpc) is 2.35. The zero-order valence-electron chi connectivity index (χ0n) is 11.2. The van der Waals surface area contributed by atoms with Crippen LogP contribution in [0.25, 0.3) is 0 Å². The number of nitro groups is 1. The molecule has 0 saturated carbocycles. The Morgan fingerprint density at radius 1 is 1.42 bits per heavy atom. The monoisotopic (exact) mass is 271 g/mol. The predicted molar refractivity (Wildman–Crippen MR) is 71.2 cm³/mol. The number of rotatable bonds is 7. The molecule has 0 radical (unpaired) electrons. The van der Waals surface area contributed by atoms with Gasteiger partial charge in [-0.25, -0.2) is 4.39 Å². The lowest BCUT2D eigenvalue weighted by molar-refractivity contribution is -0.385. The molecule has 0 aliphatic carbocycles. The largest absolute Gasteiger partial charge is 0.490 e. The first-order valence-corrected chi connectivity index (χ1v) is 5.95. The second-order valence-corrected chi connectivity index (χ2v) is 4.30. The maximum absolute atomic E-state index is 13.7. The quantitative estimate of drug-likeness (QED) is 0.451. The molecule has 0 aromatic heterocycles. The van der Waals surface area contributed by atoms with Crippen LogP contribution in [0.2, 0.25) is 0 Å². The Bertz CT molecular complexity index is 452. The first-order valence-electron chi connectivity index (χ1n) is 5.95. The summed E-state index contributed by atoms with van der Waals surface area (Å²) in [7, 11) is 1.31. The van der Waals surface area contributed by atoms with Crippen LogP contribution in [-0.4, -0.2) is 31.2 Å². The van der Waals surface area contributed by atoms with Gasteiger partial charge in [0.05, 0.1) is 23.8 Å². The van der Waals surface area contributed by atoms with Gasteiger partial charge < -0.3 is 15.4 Å². The topological polar surface area (TPSA) is 76.4 Å². The number of halogens is 1. The van der Waals surface area contributed by atoms with Gasteiger partial charge in [0.2, 0.25) is 0 Å². The molecule has 6 nitrogen and oxygen atoms in total. The van der Waals surface area contributed by atoms with Gasteiger partial charge >= 0.3 is 5.69 Å². The highest BCUT2D eigenvalue weighted by Crippen LogP contribution is 2.32. The fourth-order valence-corrected chi connectivity index (χ4v) is 1.54. The molecule has 1 aromatic rings. The number of methoxy groups -OCH3 is 1. The van der Waals surface area contributed by atoms with Crippen LogP contribution in [0.5, 0.6) is 5.75 Å². The van der Waals surface area contributed by atoms with Crippen LogP contribution in [0.1, 0.15) is 13.8 Å². The average molecular weight is 271 g/mol. The van der Waals surface area contributed by atoms with E-state index in [0.717, 1.165) is 6.07 Å². The van der Waals surface area contributed by atoms with Crippen molar-refractivity contribution in [3.05, 3.63) is 28.1 Å². The highest BCUT2D eigenvalue weighted by molar-refractivity contribution is 5.59. The minimum atomic E-state index is -0.675. The molecule has 0 amide bonds. The zero-order chi connectivity index (χ0) is 14.4. The molecular weight excluding hydrogens is 253 g/mol. The molecule has 2 N–H and O–H groups in total. The molecule has 0 saturated heterocycles. The fraction of sp³-hybridized carbons (Fsp3) is 0.500. The highest BCUT2D eigenvalue weighted by Gasteiger charge is 2.18. The van der Waals surface area contributed by atoms with Crippen LogP contribution in [0.3, 0.4) is 0 Å². The minimum Gasteiger partial charge on any atom is -0.490 e. The first kappa shape index (κ1) is 15.2. The maximum atomic E-state index is 13.7. The minimum absolute atomic E-state index is 0.0331. The number of nitrogens with zero attached hydrogens (tertiary/aromatic N) is 1. The van der Waals surface area contributed by atoms with E-state index in [4.69, 9.17) is 4.74 Å². The lowest BCUT2D eigenvalue weighted by Crippen LogP contribution is -2.28. The number of hydrogen-bond donors (Lipinski definition) is 2. The third-order valence-electron chi connectivity index (χ3n) is 2.46. The number of ether oxygens (including phenoxy) is 1. The van der Waals surface area contributed by atoms with Gasteiger partial charge in [0.1, 0.15) is 0 Å². The van der Waals surface area contributed by atoms with Crippen molar-refractivity contribution in [3.63, 3.8) is 0 Å². The van der Waals surface area contributed by atoms with Gasteiger partial charge in [-0.3, -0.25) is 10.1 Å². The Hall–Kier alpha value is -1.89. The van der Waals surface area contributed by atoms with Crippen LogP contribution in [0.15, 0.2) is 12.1 Å². The fourth-order valence-electron chi connectivity index (χ4n) is 1.54. The summed E-state index contributed by atoms with van der Waals surface area (Å²) in [6.07, 6.45) is 0. The molecule has 106 valence electrons. The van der Waals surface area contributed by atoms with Gasteiger partial charge in [0.25, 0.3) is 0 Å². The van der Waals surface area contributed by atoms with E-state index in [2.05, 4.69) is 10.6 Å². The Morgan fingerprint density at radius 2 is 2.11 bits per heavy atom. The Morgan fingerprint density at radius 3 is 2.63 bits per heavy atom. The van der Waals surface area contributed by atoms with Crippen molar-refractivity contribution in [2.45, 2.75) is 19.9 Å². The molecular formula is C12H18FN3O3. The van der Waals surface area contributed by atoms with Crippen LogP contribution >= 0.6 is 0 Å². The van der Waals surface area contributed by atoms with Gasteiger partial charge in [-0.2, -0.15) is 0 Å². The van der Waals surface area contributed by atoms with Crippen molar-refractivity contribution in [3.8, 4) is 5.75 Å². The molecule has 1 aromatic carbocycles. The smallest absolute Gasteiger partial charge is 0.313 e. The number of benzene rings is 1. The third-order valence-corrected chi connectivity index (χ3v) is 2.46. The highest BCUT2D eigenvalue weighted by atomic mass is 19.1. The van der Waals surface area contributed by atoms with Crippen LogP contribution in [0, 0.1) is 15.9 Å². The predicted octanol–water partition coefficient (Wildman–Crippen LogP) is 2.15. The lowest BCUT2D eigenvalue weighted by Gasteiger charge is -2.11. The maximum Gasteiger partial charge on any atom is 0.313 e. The Labute approximate surface area is 111 Å². The molecule has 7 heteroatoms. The van der Waals surface area contributed by atoms with Crippen molar-refractivity contribution >= 4 is 11.4 Å². The van der Waals surface area contributed by atoms with Crippen molar-refractivity contribution in [1.29, 1.82) is 0 Å². The van der Waals surface area contributed by atoms with Gasteiger partial charge in [0, 0.05) is 25.2 Å². The van der Waals surface area contributed by atoms with Crippen molar-refractivity contribution < 1.29 is 14.1 Å². The second kappa shape index (κ2) is 6.89. The van der Waals surface area contributed by atoms with Crippen LogP contribution in [0.4, 0.5) is 15.8 Å². The summed E-state index contributed by atoms with van der Waals surface area (Å²) in [5.74, 6) is -0.636. The zero-order valence-corrected chi connectivity index (χ0v) is 11.2. The number of nitrogens with one attached hydrogen (secondary N) is 2. The number of hydrogen-bond acceptors (Lipinski definition) is 5. The van der Waals surface area contributed by atoms with E-state index in [1.807, 2.05) is 13.8 Å². The summed E-state index contributed by atoms with van der Waals surface area (Å²) >= 11 is 0. The van der Waals surface area contributed by atoms with E-state index >= 15 is 0 Å². The van der Waals surface area contributed by atoms with Crippen molar-refractivity contribution in [2.24, 2.45) is 0 Å².